The van der Waals surface area contributed by atoms with Crippen LogP contribution < -0.4 is 4.90 Å². The van der Waals surface area contributed by atoms with E-state index >= 15 is 0 Å². The third-order valence-electron chi connectivity index (χ3n) is 3.41. The number of rotatable bonds is 5. The van der Waals surface area contributed by atoms with Crippen molar-refractivity contribution in [3.05, 3.63) is 35.0 Å². The molecule has 0 spiro atoms. The zero-order valence-electron chi connectivity index (χ0n) is 11.9. The highest BCUT2D eigenvalue weighted by atomic mass is 35.5. The van der Waals surface area contributed by atoms with Crippen LogP contribution in [0.3, 0.4) is 0 Å². The molecule has 0 unspecified atom stereocenters. The molecule has 1 aromatic heterocycles. The average molecular weight is 288 g/mol. The van der Waals surface area contributed by atoms with E-state index in [1.165, 1.54) is 0 Å². The maximum atomic E-state index is 9.51. The first-order valence-corrected chi connectivity index (χ1v) is 7.32. The van der Waals surface area contributed by atoms with Crippen molar-refractivity contribution in [3.63, 3.8) is 0 Å². The van der Waals surface area contributed by atoms with Crippen molar-refractivity contribution in [2.45, 2.75) is 26.7 Å². The molecule has 0 bridgehead atoms. The van der Waals surface area contributed by atoms with E-state index < -0.39 is 0 Å². The number of halogens is 1. The predicted octanol–water partition coefficient (Wildman–Crippen LogP) is 4.39. The minimum atomic E-state index is 0.590. The summed E-state index contributed by atoms with van der Waals surface area (Å²) in [7, 11) is 0. The van der Waals surface area contributed by atoms with Gasteiger partial charge in [0, 0.05) is 24.7 Å². The van der Waals surface area contributed by atoms with Gasteiger partial charge in [-0.2, -0.15) is 5.26 Å². The maximum Gasteiger partial charge on any atom is 0.104 e. The van der Waals surface area contributed by atoms with Crippen LogP contribution in [0, 0.1) is 11.3 Å². The van der Waals surface area contributed by atoms with Crippen molar-refractivity contribution in [2.75, 3.05) is 18.0 Å². The van der Waals surface area contributed by atoms with E-state index in [-0.39, 0.29) is 0 Å². The molecule has 0 aliphatic rings. The van der Waals surface area contributed by atoms with Crippen molar-refractivity contribution >= 4 is 28.2 Å². The third kappa shape index (κ3) is 2.86. The Morgan fingerprint density at radius 1 is 1.35 bits per heavy atom. The number of nitriles is 1. The number of benzene rings is 1. The number of pyridine rings is 1. The van der Waals surface area contributed by atoms with Crippen LogP contribution in [0.25, 0.3) is 10.9 Å². The molecule has 1 aromatic carbocycles. The molecular weight excluding hydrogens is 270 g/mol. The largest absolute Gasteiger partial charge is 0.371 e. The van der Waals surface area contributed by atoms with Crippen LogP contribution in [-0.2, 0) is 0 Å². The minimum Gasteiger partial charge on any atom is -0.371 e. The molecule has 0 fully saturated rings. The van der Waals surface area contributed by atoms with Crippen LogP contribution in [0.4, 0.5) is 5.69 Å². The predicted molar refractivity (Wildman–Crippen MR) is 84.3 cm³/mol. The number of aromatic nitrogens is 1. The Hall–Kier alpha value is -1.79. The van der Waals surface area contributed by atoms with Gasteiger partial charge in [-0.3, -0.25) is 4.98 Å². The van der Waals surface area contributed by atoms with Gasteiger partial charge < -0.3 is 4.90 Å². The monoisotopic (exact) mass is 287 g/mol. The summed E-state index contributed by atoms with van der Waals surface area (Å²) in [4.78, 5) is 6.56. The molecule has 0 N–H and O–H groups in total. The van der Waals surface area contributed by atoms with Gasteiger partial charge in [0.1, 0.15) is 11.6 Å². The summed E-state index contributed by atoms with van der Waals surface area (Å²) >= 11 is 5.96. The number of hydrogen-bond donors (Lipinski definition) is 0. The third-order valence-corrected chi connectivity index (χ3v) is 3.62. The first-order valence-electron chi connectivity index (χ1n) is 6.94. The Morgan fingerprint density at radius 2 is 2.15 bits per heavy atom. The Kier molecular flexibility index (Phi) is 4.81. The molecule has 0 atom stereocenters. The van der Waals surface area contributed by atoms with Crippen LogP contribution in [-0.4, -0.2) is 18.1 Å². The molecule has 0 aliphatic heterocycles. The second kappa shape index (κ2) is 6.58. The number of unbranched alkanes of at least 4 members (excludes halogenated alkanes) is 1. The van der Waals surface area contributed by atoms with E-state index in [4.69, 9.17) is 11.6 Å². The Bertz CT molecular complexity index is 646. The van der Waals surface area contributed by atoms with Gasteiger partial charge in [0.2, 0.25) is 0 Å². The first kappa shape index (κ1) is 14.6. The molecule has 0 amide bonds. The van der Waals surface area contributed by atoms with E-state index in [2.05, 4.69) is 29.8 Å². The lowest BCUT2D eigenvalue weighted by Crippen LogP contribution is -2.24. The van der Waals surface area contributed by atoms with Crippen LogP contribution in [0.2, 0.25) is 5.02 Å². The highest BCUT2D eigenvalue weighted by Gasteiger charge is 2.13. The summed E-state index contributed by atoms with van der Waals surface area (Å²) in [5.41, 5.74) is 2.33. The quantitative estimate of drug-likeness (QED) is 0.819. The molecule has 2 rings (SSSR count). The van der Waals surface area contributed by atoms with Crippen LogP contribution in [0.1, 0.15) is 32.3 Å². The van der Waals surface area contributed by atoms with Crippen molar-refractivity contribution in [3.8, 4) is 6.07 Å². The topological polar surface area (TPSA) is 39.9 Å². The minimum absolute atomic E-state index is 0.590. The normalized spacial score (nSPS) is 10.5. The lowest BCUT2D eigenvalue weighted by molar-refractivity contribution is 0.732. The van der Waals surface area contributed by atoms with E-state index in [1.54, 1.807) is 6.20 Å². The summed E-state index contributed by atoms with van der Waals surface area (Å²) in [6.45, 7) is 6.12. The highest BCUT2D eigenvalue weighted by Crippen LogP contribution is 2.28. The molecule has 0 saturated heterocycles. The lowest BCUT2D eigenvalue weighted by Gasteiger charge is -2.24. The summed E-state index contributed by atoms with van der Waals surface area (Å²) in [6.07, 6.45) is 3.85. The fourth-order valence-electron chi connectivity index (χ4n) is 2.34. The highest BCUT2D eigenvalue weighted by molar-refractivity contribution is 6.31. The van der Waals surface area contributed by atoms with Crippen LogP contribution >= 0.6 is 11.6 Å². The van der Waals surface area contributed by atoms with Gasteiger partial charge in [-0.1, -0.05) is 31.0 Å². The maximum absolute atomic E-state index is 9.51. The Labute approximate surface area is 124 Å². The molecule has 4 heteroatoms. The van der Waals surface area contributed by atoms with Gasteiger partial charge in [-0.15, -0.1) is 0 Å². The fraction of sp³-hybridized carbons (Fsp3) is 0.375. The Balaban J connectivity index is 2.53. The summed E-state index contributed by atoms with van der Waals surface area (Å²) in [5, 5.41) is 11.0. The van der Waals surface area contributed by atoms with E-state index in [1.807, 2.05) is 18.2 Å². The van der Waals surface area contributed by atoms with E-state index in [0.29, 0.717) is 10.6 Å². The van der Waals surface area contributed by atoms with Gasteiger partial charge in [0.05, 0.1) is 16.2 Å². The van der Waals surface area contributed by atoms with Crippen molar-refractivity contribution in [1.82, 2.24) is 4.98 Å². The molecule has 20 heavy (non-hydrogen) atoms. The molecule has 0 radical (unpaired) electrons. The van der Waals surface area contributed by atoms with Gasteiger partial charge in [-0.05, 0) is 25.5 Å². The molecule has 3 nitrogen and oxygen atoms in total. The zero-order valence-corrected chi connectivity index (χ0v) is 12.6. The molecule has 2 aromatic rings. The zero-order chi connectivity index (χ0) is 14.5. The molecule has 104 valence electrons. The van der Waals surface area contributed by atoms with Gasteiger partial charge in [-0.25, -0.2) is 0 Å². The average Bonchev–Trinajstić information content (AvgIpc) is 2.47. The first-order chi connectivity index (χ1) is 9.71. The number of fused-ring (bicyclic) bond motifs is 1. The lowest BCUT2D eigenvalue weighted by atomic mass is 10.1. The van der Waals surface area contributed by atoms with Gasteiger partial charge in [0.15, 0.2) is 0 Å². The molecular formula is C16H18ClN3. The number of hydrogen-bond acceptors (Lipinski definition) is 3. The Morgan fingerprint density at radius 3 is 2.80 bits per heavy atom. The molecule has 0 aliphatic carbocycles. The van der Waals surface area contributed by atoms with Crippen molar-refractivity contribution < 1.29 is 0 Å². The van der Waals surface area contributed by atoms with Gasteiger partial charge >= 0.3 is 0 Å². The SMILES string of the molecule is CCCCN(CC)c1ccc2cc(Cl)cnc2c1C#N. The van der Waals surface area contributed by atoms with Crippen molar-refractivity contribution in [1.29, 1.82) is 5.26 Å². The van der Waals surface area contributed by atoms with E-state index in [9.17, 15) is 5.26 Å². The fourth-order valence-corrected chi connectivity index (χ4v) is 2.50. The standard InChI is InChI=1S/C16H18ClN3/c1-3-5-8-20(4-2)15-7-6-12-9-13(17)11-19-16(12)14(15)10-18/h6-7,9,11H,3-5,8H2,1-2H3. The summed E-state index contributed by atoms with van der Waals surface area (Å²) in [5.74, 6) is 0. The number of anilines is 1. The molecule has 0 saturated carbocycles. The summed E-state index contributed by atoms with van der Waals surface area (Å²) in [6, 6.07) is 8.13. The number of nitrogens with zero attached hydrogens (tertiary/aromatic N) is 3. The van der Waals surface area contributed by atoms with Crippen molar-refractivity contribution in [2.24, 2.45) is 0 Å². The smallest absolute Gasteiger partial charge is 0.104 e. The summed E-state index contributed by atoms with van der Waals surface area (Å²) < 4.78 is 0. The second-order valence-corrected chi connectivity index (χ2v) is 5.17. The second-order valence-electron chi connectivity index (χ2n) is 4.73. The van der Waals surface area contributed by atoms with Crippen LogP contribution in [0.5, 0.6) is 0 Å². The van der Waals surface area contributed by atoms with E-state index in [0.717, 1.165) is 42.5 Å². The van der Waals surface area contributed by atoms with Crippen LogP contribution in [0.15, 0.2) is 24.4 Å². The molecule has 1 heterocycles. The van der Waals surface area contributed by atoms with Gasteiger partial charge in [0.25, 0.3) is 0 Å².